The first-order chi connectivity index (χ1) is 15.4. The second-order valence-electron chi connectivity index (χ2n) is 7.87. The highest BCUT2D eigenvalue weighted by atomic mass is 19.1. The van der Waals surface area contributed by atoms with Crippen molar-refractivity contribution in [2.45, 2.75) is 19.1 Å². The monoisotopic (exact) mass is 441 g/mol. The topological polar surface area (TPSA) is 117 Å². The Morgan fingerprint density at radius 2 is 2.12 bits per heavy atom. The number of rotatable bonds is 8. The van der Waals surface area contributed by atoms with Gasteiger partial charge in [-0.3, -0.25) is 9.88 Å². The number of tetrazole rings is 1. The summed E-state index contributed by atoms with van der Waals surface area (Å²) in [5.74, 6) is -0.0300. The van der Waals surface area contributed by atoms with Crippen LogP contribution in [-0.4, -0.2) is 76.0 Å². The number of benzene rings is 1. The van der Waals surface area contributed by atoms with Crippen molar-refractivity contribution in [2.24, 2.45) is 0 Å². The van der Waals surface area contributed by atoms with Gasteiger partial charge in [-0.05, 0) is 56.5 Å². The number of halogens is 1. The molecule has 0 bridgehead atoms. The molecule has 1 aliphatic heterocycles. The maximum atomic E-state index is 14.8. The molecule has 2 aromatic heterocycles. The number of hydrogen-bond donors (Lipinski definition) is 1. The third-order valence-electron chi connectivity index (χ3n) is 5.18. The van der Waals surface area contributed by atoms with E-state index in [9.17, 15) is 9.18 Å². The van der Waals surface area contributed by atoms with Crippen molar-refractivity contribution < 1.29 is 19.7 Å². The number of amides is 1. The fourth-order valence-corrected chi connectivity index (χ4v) is 3.44. The Morgan fingerprint density at radius 1 is 1.28 bits per heavy atom. The average Bonchev–Trinajstić information content (AvgIpc) is 3.40. The molecule has 0 radical (unpaired) electrons. The Kier molecular flexibility index (Phi) is 6.37. The van der Waals surface area contributed by atoms with Gasteiger partial charge in [0.05, 0.1) is 18.8 Å². The lowest BCUT2D eigenvalue weighted by Gasteiger charge is -2.14. The van der Waals surface area contributed by atoms with E-state index < -0.39 is 11.9 Å². The average molecular weight is 441 g/mol. The first kappa shape index (κ1) is 21.8. The number of carbonyl (C=O) groups is 1. The van der Waals surface area contributed by atoms with Gasteiger partial charge >= 0.3 is 6.09 Å². The van der Waals surface area contributed by atoms with Crippen LogP contribution in [0.5, 0.6) is 0 Å². The van der Waals surface area contributed by atoms with Gasteiger partial charge in [0, 0.05) is 17.3 Å². The minimum absolute atomic E-state index is 0.276. The Morgan fingerprint density at radius 3 is 2.78 bits per heavy atom. The quantitative estimate of drug-likeness (QED) is 0.555. The van der Waals surface area contributed by atoms with E-state index in [1.807, 2.05) is 14.1 Å². The van der Waals surface area contributed by atoms with Crippen LogP contribution in [0.1, 0.15) is 6.42 Å². The molecular formula is C21H26FN8O2+. The first-order valence-electron chi connectivity index (χ1n) is 10.4. The SMILES string of the molecule is CN(C)CCCn1nnc(-c2ccc(-c3ccc(N4C[C@H](C[NH3+])OC4=O)cc3F)cn2)n1. The first-order valence-corrected chi connectivity index (χ1v) is 10.4. The van der Waals surface area contributed by atoms with Crippen LogP contribution in [0.4, 0.5) is 14.9 Å². The van der Waals surface area contributed by atoms with Crippen molar-refractivity contribution in [3.05, 3.63) is 42.3 Å². The number of carbonyl (C=O) groups excluding carboxylic acids is 1. The molecule has 0 unspecified atom stereocenters. The lowest BCUT2D eigenvalue weighted by atomic mass is 10.1. The summed E-state index contributed by atoms with van der Waals surface area (Å²) in [7, 11) is 4.03. The number of pyridine rings is 1. The van der Waals surface area contributed by atoms with Gasteiger partial charge in [-0.1, -0.05) is 6.07 Å². The van der Waals surface area contributed by atoms with Crippen molar-refractivity contribution in [2.75, 3.05) is 38.6 Å². The van der Waals surface area contributed by atoms with Gasteiger partial charge in [0.1, 0.15) is 18.1 Å². The molecule has 1 amide bonds. The van der Waals surface area contributed by atoms with E-state index in [-0.39, 0.29) is 6.10 Å². The van der Waals surface area contributed by atoms with Crippen molar-refractivity contribution in [3.8, 4) is 22.6 Å². The predicted molar refractivity (Wildman–Crippen MR) is 115 cm³/mol. The summed E-state index contributed by atoms with van der Waals surface area (Å²) >= 11 is 0. The molecule has 0 saturated carbocycles. The molecule has 1 fully saturated rings. The van der Waals surface area contributed by atoms with E-state index in [1.165, 1.54) is 11.0 Å². The zero-order chi connectivity index (χ0) is 22.7. The van der Waals surface area contributed by atoms with E-state index in [4.69, 9.17) is 4.74 Å². The molecule has 32 heavy (non-hydrogen) atoms. The molecule has 3 aromatic rings. The van der Waals surface area contributed by atoms with E-state index in [0.29, 0.717) is 48.0 Å². The predicted octanol–water partition coefficient (Wildman–Crippen LogP) is 1.06. The van der Waals surface area contributed by atoms with Crippen LogP contribution in [0.3, 0.4) is 0 Å². The minimum atomic E-state index is -0.487. The summed E-state index contributed by atoms with van der Waals surface area (Å²) < 4.78 is 20.0. The van der Waals surface area contributed by atoms with Gasteiger partial charge in [0.25, 0.3) is 0 Å². The summed E-state index contributed by atoms with van der Waals surface area (Å²) in [4.78, 5) is 21.4. The molecule has 1 aromatic carbocycles. The van der Waals surface area contributed by atoms with Crippen LogP contribution >= 0.6 is 0 Å². The van der Waals surface area contributed by atoms with E-state index in [0.717, 1.165) is 13.0 Å². The van der Waals surface area contributed by atoms with Gasteiger partial charge in [-0.2, -0.15) is 4.80 Å². The number of cyclic esters (lactones) is 1. The largest absolute Gasteiger partial charge is 0.438 e. The van der Waals surface area contributed by atoms with Crippen molar-refractivity contribution in [3.63, 3.8) is 0 Å². The highest BCUT2D eigenvalue weighted by Crippen LogP contribution is 2.29. The lowest BCUT2D eigenvalue weighted by molar-refractivity contribution is -0.380. The Hall–Kier alpha value is -3.44. The van der Waals surface area contributed by atoms with Gasteiger partial charge in [0.2, 0.25) is 5.82 Å². The normalized spacial score (nSPS) is 16.1. The Balaban J connectivity index is 1.46. The maximum Gasteiger partial charge on any atom is 0.414 e. The molecule has 11 heteroatoms. The number of aryl methyl sites for hydroxylation is 1. The molecular weight excluding hydrogens is 415 g/mol. The minimum Gasteiger partial charge on any atom is -0.438 e. The molecule has 10 nitrogen and oxygen atoms in total. The third-order valence-corrected chi connectivity index (χ3v) is 5.18. The molecule has 4 rings (SSSR count). The van der Waals surface area contributed by atoms with E-state index in [1.54, 1.807) is 35.3 Å². The Labute approximate surface area is 184 Å². The standard InChI is InChI=1S/C21H25FN8O2/c1-28(2)8-3-9-30-26-20(25-27-30)19-7-4-14(12-24-19)17-6-5-15(10-18(17)22)29-13-16(11-23)32-21(29)31/h4-7,10,12,16H,3,8-9,11,13,23H2,1-2H3/p+1/t16-/m0/s1. The fourth-order valence-electron chi connectivity index (χ4n) is 3.44. The van der Waals surface area contributed by atoms with Crippen molar-refractivity contribution >= 4 is 11.8 Å². The van der Waals surface area contributed by atoms with Gasteiger partial charge in [0.15, 0.2) is 6.10 Å². The van der Waals surface area contributed by atoms with E-state index >= 15 is 0 Å². The fraction of sp³-hybridized carbons (Fsp3) is 0.381. The summed E-state index contributed by atoms with van der Waals surface area (Å²) in [5.41, 5.74) is 5.75. The molecule has 168 valence electrons. The molecule has 3 N–H and O–H groups in total. The smallest absolute Gasteiger partial charge is 0.414 e. The molecule has 1 saturated heterocycles. The lowest BCUT2D eigenvalue weighted by Crippen LogP contribution is -2.56. The van der Waals surface area contributed by atoms with Crippen LogP contribution < -0.4 is 10.6 Å². The maximum absolute atomic E-state index is 14.8. The molecule has 1 aliphatic rings. The summed E-state index contributed by atoms with van der Waals surface area (Å²) in [5, 5.41) is 12.5. The summed E-state index contributed by atoms with van der Waals surface area (Å²) in [6.45, 7) is 2.43. The van der Waals surface area contributed by atoms with Crippen LogP contribution in [0.15, 0.2) is 36.5 Å². The van der Waals surface area contributed by atoms with Crippen LogP contribution in [0, 0.1) is 5.82 Å². The second kappa shape index (κ2) is 9.37. The van der Waals surface area contributed by atoms with Crippen molar-refractivity contribution in [1.29, 1.82) is 0 Å². The van der Waals surface area contributed by atoms with Gasteiger partial charge < -0.3 is 15.4 Å². The number of quaternary nitrogens is 1. The van der Waals surface area contributed by atoms with E-state index in [2.05, 4.69) is 31.0 Å². The number of anilines is 1. The molecule has 0 spiro atoms. The highest BCUT2D eigenvalue weighted by Gasteiger charge is 2.32. The van der Waals surface area contributed by atoms with Crippen molar-refractivity contribution in [1.82, 2.24) is 30.1 Å². The summed E-state index contributed by atoms with van der Waals surface area (Å²) in [6.07, 6.45) is 1.72. The molecule has 0 aliphatic carbocycles. The van der Waals surface area contributed by atoms with Gasteiger partial charge in [-0.25, -0.2) is 9.18 Å². The summed E-state index contributed by atoms with van der Waals surface area (Å²) in [6, 6.07) is 8.15. The number of aromatic nitrogens is 5. The van der Waals surface area contributed by atoms with Crippen LogP contribution in [0.25, 0.3) is 22.6 Å². The van der Waals surface area contributed by atoms with Crippen LogP contribution in [0.2, 0.25) is 0 Å². The van der Waals surface area contributed by atoms with Crippen LogP contribution in [-0.2, 0) is 11.3 Å². The number of nitrogens with zero attached hydrogens (tertiary/aromatic N) is 7. The third kappa shape index (κ3) is 4.73. The zero-order valence-electron chi connectivity index (χ0n) is 18.1. The molecule has 1 atom stereocenters. The van der Waals surface area contributed by atoms with Gasteiger partial charge in [-0.15, -0.1) is 10.2 Å². The number of ether oxygens (including phenoxy) is 1. The molecule has 3 heterocycles. The second-order valence-corrected chi connectivity index (χ2v) is 7.87. The number of hydrogen-bond acceptors (Lipinski definition) is 7. The Bertz CT molecular complexity index is 1090. The zero-order valence-corrected chi connectivity index (χ0v) is 18.1. The highest BCUT2D eigenvalue weighted by molar-refractivity contribution is 5.90.